The molecule has 1 aliphatic carbocycles. The highest BCUT2D eigenvalue weighted by Crippen LogP contribution is 2.30. The number of hydrogen-bond acceptors (Lipinski definition) is 8. The number of aliphatic hydroxyl groups excluding tert-OH is 1. The van der Waals surface area contributed by atoms with E-state index in [9.17, 15) is 14.7 Å². The Bertz CT molecular complexity index is 608. The molecule has 0 heterocycles. The van der Waals surface area contributed by atoms with Crippen LogP contribution in [0.2, 0.25) is 65.0 Å². The standard InChI is InChI=1S/C22H48O8Si4/c1-31(2,3)28-34(29-32(4,5)6,30-33(7,8)9)17-13-16-26-21(24)18-20(23)22(25)27-19-14-11-10-12-15-19/h19-20,23H,10-18H2,1-9H3. The average molecular weight is 553 g/mol. The van der Waals surface area contributed by atoms with Crippen molar-refractivity contribution in [3.8, 4) is 0 Å². The van der Waals surface area contributed by atoms with E-state index in [0.717, 1.165) is 32.1 Å². The van der Waals surface area contributed by atoms with E-state index < -0.39 is 58.2 Å². The first-order valence-corrected chi connectivity index (χ1v) is 24.7. The number of aliphatic hydroxyl groups is 1. The molecule has 0 amide bonds. The number of carbonyl (C=O) groups excluding carboxylic acids is 2. The van der Waals surface area contributed by atoms with E-state index in [1.54, 1.807) is 0 Å². The van der Waals surface area contributed by atoms with Crippen molar-refractivity contribution < 1.29 is 36.5 Å². The lowest BCUT2D eigenvalue weighted by atomic mass is 9.98. The molecule has 0 spiro atoms. The van der Waals surface area contributed by atoms with E-state index in [0.29, 0.717) is 12.5 Å². The Morgan fingerprint density at radius 2 is 1.29 bits per heavy atom. The van der Waals surface area contributed by atoms with Crippen LogP contribution in [-0.2, 0) is 31.4 Å². The van der Waals surface area contributed by atoms with Crippen molar-refractivity contribution in [2.75, 3.05) is 6.61 Å². The van der Waals surface area contributed by atoms with Crippen molar-refractivity contribution in [3.05, 3.63) is 0 Å². The van der Waals surface area contributed by atoms with Crippen molar-refractivity contribution in [2.45, 2.75) is 122 Å². The normalized spacial score (nSPS) is 17.4. The van der Waals surface area contributed by atoms with E-state index in [1.807, 2.05) is 0 Å². The van der Waals surface area contributed by atoms with Gasteiger partial charge in [-0.2, -0.15) is 0 Å². The molecule has 1 N–H and O–H groups in total. The van der Waals surface area contributed by atoms with Crippen molar-refractivity contribution in [1.29, 1.82) is 0 Å². The molecule has 0 bridgehead atoms. The van der Waals surface area contributed by atoms with Crippen LogP contribution in [0.3, 0.4) is 0 Å². The Morgan fingerprint density at radius 1 is 0.824 bits per heavy atom. The summed E-state index contributed by atoms with van der Waals surface area (Å²) < 4.78 is 30.5. The van der Waals surface area contributed by atoms with Gasteiger partial charge in [-0.15, -0.1) is 0 Å². The summed E-state index contributed by atoms with van der Waals surface area (Å²) >= 11 is 0. The molecular formula is C22H48O8Si4. The molecule has 0 aromatic carbocycles. The second-order valence-electron chi connectivity index (χ2n) is 12.1. The summed E-state index contributed by atoms with van der Waals surface area (Å²) in [7, 11) is -8.87. The second-order valence-corrected chi connectivity index (χ2v) is 29.1. The predicted octanol–water partition coefficient (Wildman–Crippen LogP) is 5.04. The second kappa shape index (κ2) is 13.3. The van der Waals surface area contributed by atoms with Crippen LogP contribution >= 0.6 is 0 Å². The molecule has 1 saturated carbocycles. The highest BCUT2D eigenvalue weighted by atomic mass is 28.5. The quantitative estimate of drug-likeness (QED) is 0.182. The van der Waals surface area contributed by atoms with Gasteiger partial charge in [-0.05, 0) is 91.0 Å². The zero-order chi connectivity index (χ0) is 26.2. The molecule has 1 rings (SSSR count). The molecule has 0 saturated heterocycles. The fraction of sp³-hybridized carbons (Fsp3) is 0.909. The first kappa shape index (κ1) is 31.7. The van der Waals surface area contributed by atoms with Gasteiger partial charge in [0, 0.05) is 6.04 Å². The molecule has 1 fully saturated rings. The number of carbonyl (C=O) groups is 2. The lowest BCUT2D eigenvalue weighted by Gasteiger charge is -2.42. The van der Waals surface area contributed by atoms with Gasteiger partial charge in [0.2, 0.25) is 0 Å². The van der Waals surface area contributed by atoms with Crippen LogP contribution in [0.15, 0.2) is 0 Å². The molecule has 1 aliphatic rings. The van der Waals surface area contributed by atoms with Crippen LogP contribution < -0.4 is 0 Å². The number of rotatable bonds is 14. The minimum absolute atomic E-state index is 0.150. The molecule has 1 atom stereocenters. The average Bonchev–Trinajstić information content (AvgIpc) is 2.61. The van der Waals surface area contributed by atoms with Crippen LogP contribution in [0.25, 0.3) is 0 Å². The zero-order valence-electron chi connectivity index (χ0n) is 22.8. The molecule has 0 radical (unpaired) electrons. The molecule has 1 unspecified atom stereocenters. The van der Waals surface area contributed by atoms with Crippen LogP contribution in [0.1, 0.15) is 44.9 Å². The molecule has 0 aromatic heterocycles. The Balaban J connectivity index is 2.64. The lowest BCUT2D eigenvalue weighted by molar-refractivity contribution is -0.165. The molecular weight excluding hydrogens is 505 g/mol. The van der Waals surface area contributed by atoms with Crippen molar-refractivity contribution >= 4 is 45.7 Å². The first-order valence-electron chi connectivity index (χ1n) is 12.5. The smallest absolute Gasteiger partial charge is 0.466 e. The van der Waals surface area contributed by atoms with Gasteiger partial charge in [0.1, 0.15) is 6.10 Å². The zero-order valence-corrected chi connectivity index (χ0v) is 26.8. The summed E-state index contributed by atoms with van der Waals surface area (Å²) in [6, 6.07) is 0.561. The number of esters is 2. The van der Waals surface area contributed by atoms with Crippen LogP contribution in [-0.4, -0.2) is 69.6 Å². The Kier molecular flexibility index (Phi) is 12.4. The summed E-state index contributed by atoms with van der Waals surface area (Å²) in [5.41, 5.74) is 0. The van der Waals surface area contributed by atoms with E-state index >= 15 is 0 Å². The Labute approximate surface area is 210 Å². The predicted molar refractivity (Wildman–Crippen MR) is 143 cm³/mol. The number of ether oxygens (including phenoxy) is 2. The van der Waals surface area contributed by atoms with Gasteiger partial charge in [-0.3, -0.25) is 4.79 Å². The fourth-order valence-corrected chi connectivity index (χ4v) is 18.4. The molecule has 12 heteroatoms. The van der Waals surface area contributed by atoms with Gasteiger partial charge >= 0.3 is 20.7 Å². The third-order valence-electron chi connectivity index (χ3n) is 4.74. The lowest BCUT2D eigenvalue weighted by Crippen LogP contribution is -2.60. The highest BCUT2D eigenvalue weighted by molar-refractivity contribution is 6.90. The van der Waals surface area contributed by atoms with Crippen LogP contribution in [0.4, 0.5) is 0 Å². The van der Waals surface area contributed by atoms with E-state index in [1.165, 1.54) is 0 Å². The molecule has 8 nitrogen and oxygen atoms in total. The van der Waals surface area contributed by atoms with Gasteiger partial charge in [0.15, 0.2) is 31.1 Å². The Hall–Kier alpha value is -0.352. The number of hydrogen-bond donors (Lipinski definition) is 1. The maximum Gasteiger partial charge on any atom is 0.469 e. The maximum absolute atomic E-state index is 12.2. The summed E-state index contributed by atoms with van der Waals surface area (Å²) in [6.45, 7) is 19.3. The van der Waals surface area contributed by atoms with Crippen molar-refractivity contribution in [3.63, 3.8) is 0 Å². The van der Waals surface area contributed by atoms with E-state index in [2.05, 4.69) is 58.9 Å². The van der Waals surface area contributed by atoms with Gasteiger partial charge < -0.3 is 26.9 Å². The van der Waals surface area contributed by atoms with Crippen LogP contribution in [0, 0.1) is 0 Å². The third-order valence-corrected chi connectivity index (χ3v) is 16.8. The van der Waals surface area contributed by atoms with Crippen molar-refractivity contribution in [1.82, 2.24) is 0 Å². The molecule has 200 valence electrons. The minimum atomic E-state index is -2.98. The SMILES string of the molecule is C[Si](C)(C)O[Si](CCCOC(=O)CC(O)C(=O)OC1CCCCC1)(O[Si](C)(C)C)O[Si](C)(C)C. The summed E-state index contributed by atoms with van der Waals surface area (Å²) in [5, 5.41) is 10.1. The topological polar surface area (TPSA) is 101 Å². The largest absolute Gasteiger partial charge is 0.469 e. The third kappa shape index (κ3) is 14.3. The Morgan fingerprint density at radius 3 is 1.74 bits per heavy atom. The molecule has 34 heavy (non-hydrogen) atoms. The summed E-state index contributed by atoms with van der Waals surface area (Å²) in [6.07, 6.45) is 3.27. The molecule has 0 aliphatic heterocycles. The first-order chi connectivity index (χ1) is 15.4. The van der Waals surface area contributed by atoms with E-state index in [4.69, 9.17) is 21.8 Å². The van der Waals surface area contributed by atoms with Gasteiger partial charge in [-0.1, -0.05) is 6.42 Å². The highest BCUT2D eigenvalue weighted by Gasteiger charge is 2.49. The van der Waals surface area contributed by atoms with E-state index in [-0.39, 0.29) is 12.7 Å². The maximum atomic E-state index is 12.2. The molecule has 0 aromatic rings. The van der Waals surface area contributed by atoms with Gasteiger partial charge in [0.25, 0.3) is 0 Å². The minimum Gasteiger partial charge on any atom is -0.466 e. The monoisotopic (exact) mass is 552 g/mol. The summed E-state index contributed by atoms with van der Waals surface area (Å²) in [4.78, 5) is 24.3. The van der Waals surface area contributed by atoms with Gasteiger partial charge in [0.05, 0.1) is 13.0 Å². The summed E-state index contributed by atoms with van der Waals surface area (Å²) in [5.74, 6) is -1.37. The van der Waals surface area contributed by atoms with Crippen LogP contribution in [0.5, 0.6) is 0 Å². The van der Waals surface area contributed by atoms with Crippen molar-refractivity contribution in [2.24, 2.45) is 0 Å². The fourth-order valence-electron chi connectivity index (χ4n) is 3.82. The van der Waals surface area contributed by atoms with Gasteiger partial charge in [-0.25, -0.2) is 4.79 Å².